The lowest BCUT2D eigenvalue weighted by Crippen LogP contribution is -2.44. The average molecular weight is 264 g/mol. The normalized spacial score (nSPS) is 12.9. The Morgan fingerprint density at radius 3 is 2.58 bits per heavy atom. The second kappa shape index (κ2) is 7.14. The fourth-order valence-electron chi connectivity index (χ4n) is 2.26. The third-order valence-electron chi connectivity index (χ3n) is 3.23. The first-order valence-corrected chi connectivity index (χ1v) is 6.78. The van der Waals surface area contributed by atoms with Crippen LogP contribution in [0.1, 0.15) is 39.2 Å². The Kier molecular flexibility index (Phi) is 5.83. The predicted molar refractivity (Wildman–Crippen MR) is 77.9 cm³/mol. The third kappa shape index (κ3) is 4.56. The lowest BCUT2D eigenvalue weighted by Gasteiger charge is -2.32. The van der Waals surface area contributed by atoms with Gasteiger partial charge in [0.15, 0.2) is 0 Å². The number of benzene rings is 1. The molecule has 1 unspecified atom stereocenters. The SMILES string of the molecule is CCCC(C(=O)O)N(Cc1cccc(N)c1)C(C)C. The Morgan fingerprint density at radius 1 is 1.42 bits per heavy atom. The van der Waals surface area contributed by atoms with Gasteiger partial charge in [-0.2, -0.15) is 0 Å². The summed E-state index contributed by atoms with van der Waals surface area (Å²) < 4.78 is 0. The molecular weight excluding hydrogens is 240 g/mol. The van der Waals surface area contributed by atoms with E-state index in [1.54, 1.807) is 0 Å². The number of hydrogen-bond acceptors (Lipinski definition) is 3. The standard InChI is InChI=1S/C15H24N2O2/c1-4-6-14(15(18)19)17(11(2)3)10-12-7-5-8-13(16)9-12/h5,7-9,11,14H,4,6,10,16H2,1-3H3,(H,18,19). The zero-order chi connectivity index (χ0) is 14.4. The van der Waals surface area contributed by atoms with Gasteiger partial charge in [-0.25, -0.2) is 0 Å². The molecule has 1 rings (SSSR count). The van der Waals surface area contributed by atoms with Crippen LogP contribution >= 0.6 is 0 Å². The van der Waals surface area contributed by atoms with E-state index in [4.69, 9.17) is 5.73 Å². The molecular formula is C15H24N2O2. The van der Waals surface area contributed by atoms with Crippen LogP contribution in [0.3, 0.4) is 0 Å². The Morgan fingerprint density at radius 2 is 2.11 bits per heavy atom. The number of carboxylic acid groups (broad SMARTS) is 1. The van der Waals surface area contributed by atoms with Crippen LogP contribution in [-0.4, -0.2) is 28.1 Å². The summed E-state index contributed by atoms with van der Waals surface area (Å²) in [5.41, 5.74) is 7.53. The van der Waals surface area contributed by atoms with E-state index < -0.39 is 12.0 Å². The van der Waals surface area contributed by atoms with Crippen LogP contribution < -0.4 is 5.73 Å². The highest BCUT2D eigenvalue weighted by Gasteiger charge is 2.26. The summed E-state index contributed by atoms with van der Waals surface area (Å²) >= 11 is 0. The molecule has 19 heavy (non-hydrogen) atoms. The molecule has 0 amide bonds. The van der Waals surface area contributed by atoms with Gasteiger partial charge in [0.1, 0.15) is 6.04 Å². The molecule has 0 aromatic heterocycles. The number of nitrogen functional groups attached to an aromatic ring is 1. The third-order valence-corrected chi connectivity index (χ3v) is 3.23. The molecule has 0 saturated heterocycles. The quantitative estimate of drug-likeness (QED) is 0.743. The molecule has 1 aromatic rings. The molecule has 4 heteroatoms. The summed E-state index contributed by atoms with van der Waals surface area (Å²) in [7, 11) is 0. The number of carboxylic acids is 1. The smallest absolute Gasteiger partial charge is 0.320 e. The van der Waals surface area contributed by atoms with E-state index in [9.17, 15) is 9.90 Å². The molecule has 0 saturated carbocycles. The number of hydrogen-bond donors (Lipinski definition) is 2. The summed E-state index contributed by atoms with van der Waals surface area (Å²) in [6, 6.07) is 7.36. The van der Waals surface area contributed by atoms with Gasteiger partial charge in [0.25, 0.3) is 0 Å². The molecule has 3 N–H and O–H groups in total. The van der Waals surface area contributed by atoms with Crippen LogP contribution in [0.5, 0.6) is 0 Å². The summed E-state index contributed by atoms with van der Waals surface area (Å²) in [5.74, 6) is -0.751. The van der Waals surface area contributed by atoms with E-state index in [2.05, 4.69) is 0 Å². The molecule has 0 aliphatic carbocycles. The average Bonchev–Trinajstić information content (AvgIpc) is 2.33. The number of anilines is 1. The summed E-state index contributed by atoms with van der Waals surface area (Å²) in [6.07, 6.45) is 1.52. The van der Waals surface area contributed by atoms with Crippen molar-refractivity contribution in [1.29, 1.82) is 0 Å². The fourth-order valence-corrected chi connectivity index (χ4v) is 2.26. The second-order valence-corrected chi connectivity index (χ2v) is 5.15. The Balaban J connectivity index is 2.90. The number of nitrogens with two attached hydrogens (primary N) is 1. The fraction of sp³-hybridized carbons (Fsp3) is 0.533. The van der Waals surface area contributed by atoms with E-state index in [1.807, 2.05) is 49.9 Å². The first-order valence-electron chi connectivity index (χ1n) is 6.78. The van der Waals surface area contributed by atoms with Gasteiger partial charge in [-0.3, -0.25) is 9.69 Å². The highest BCUT2D eigenvalue weighted by Crippen LogP contribution is 2.17. The van der Waals surface area contributed by atoms with Crippen molar-refractivity contribution in [3.8, 4) is 0 Å². The van der Waals surface area contributed by atoms with E-state index in [-0.39, 0.29) is 6.04 Å². The van der Waals surface area contributed by atoms with Gasteiger partial charge in [0.2, 0.25) is 0 Å². The van der Waals surface area contributed by atoms with Crippen molar-refractivity contribution in [1.82, 2.24) is 4.90 Å². The minimum absolute atomic E-state index is 0.175. The molecule has 0 heterocycles. The molecule has 0 bridgehead atoms. The van der Waals surface area contributed by atoms with Gasteiger partial charge in [0.05, 0.1) is 0 Å². The van der Waals surface area contributed by atoms with Crippen LogP contribution in [0.4, 0.5) is 5.69 Å². The molecule has 106 valence electrons. The van der Waals surface area contributed by atoms with Gasteiger partial charge < -0.3 is 10.8 Å². The summed E-state index contributed by atoms with van der Waals surface area (Å²) in [5, 5.41) is 9.39. The molecule has 1 aromatic carbocycles. The van der Waals surface area contributed by atoms with E-state index in [0.29, 0.717) is 18.7 Å². The zero-order valence-corrected chi connectivity index (χ0v) is 12.0. The first kappa shape index (κ1) is 15.5. The van der Waals surface area contributed by atoms with Gasteiger partial charge in [-0.05, 0) is 38.0 Å². The topological polar surface area (TPSA) is 66.6 Å². The molecule has 0 fully saturated rings. The Bertz CT molecular complexity index is 418. The van der Waals surface area contributed by atoms with Gasteiger partial charge in [0, 0.05) is 18.3 Å². The zero-order valence-electron chi connectivity index (χ0n) is 12.0. The molecule has 0 radical (unpaired) electrons. The van der Waals surface area contributed by atoms with E-state index in [1.165, 1.54) is 0 Å². The van der Waals surface area contributed by atoms with Crippen LogP contribution in [0.2, 0.25) is 0 Å². The molecule has 4 nitrogen and oxygen atoms in total. The second-order valence-electron chi connectivity index (χ2n) is 5.15. The van der Waals surface area contributed by atoms with Crippen LogP contribution in [0, 0.1) is 0 Å². The van der Waals surface area contributed by atoms with Crippen molar-refractivity contribution in [2.45, 2.75) is 52.2 Å². The molecule has 0 spiro atoms. The van der Waals surface area contributed by atoms with E-state index in [0.717, 1.165) is 12.0 Å². The van der Waals surface area contributed by atoms with Crippen LogP contribution in [0.15, 0.2) is 24.3 Å². The van der Waals surface area contributed by atoms with Crippen molar-refractivity contribution in [3.63, 3.8) is 0 Å². The molecule has 0 aliphatic heterocycles. The van der Waals surface area contributed by atoms with Gasteiger partial charge in [-0.15, -0.1) is 0 Å². The number of carbonyl (C=O) groups is 1. The van der Waals surface area contributed by atoms with Gasteiger partial charge in [-0.1, -0.05) is 25.5 Å². The molecule has 1 atom stereocenters. The Hall–Kier alpha value is -1.55. The van der Waals surface area contributed by atoms with Crippen LogP contribution in [-0.2, 0) is 11.3 Å². The Labute approximate surface area is 115 Å². The monoisotopic (exact) mass is 264 g/mol. The lowest BCUT2D eigenvalue weighted by atomic mass is 10.1. The van der Waals surface area contributed by atoms with Crippen molar-refractivity contribution in [3.05, 3.63) is 29.8 Å². The first-order chi connectivity index (χ1) is 8.95. The van der Waals surface area contributed by atoms with E-state index >= 15 is 0 Å². The van der Waals surface area contributed by atoms with Crippen LogP contribution in [0.25, 0.3) is 0 Å². The lowest BCUT2D eigenvalue weighted by molar-refractivity contribution is -0.144. The maximum atomic E-state index is 11.4. The molecule has 0 aliphatic rings. The number of nitrogens with zero attached hydrogens (tertiary/aromatic N) is 1. The van der Waals surface area contributed by atoms with Crippen molar-refractivity contribution < 1.29 is 9.90 Å². The maximum absolute atomic E-state index is 11.4. The predicted octanol–water partition coefficient (Wildman–Crippen LogP) is 2.73. The van der Waals surface area contributed by atoms with Crippen molar-refractivity contribution in [2.75, 3.05) is 5.73 Å². The highest BCUT2D eigenvalue weighted by molar-refractivity contribution is 5.73. The minimum Gasteiger partial charge on any atom is -0.480 e. The van der Waals surface area contributed by atoms with Gasteiger partial charge >= 0.3 is 5.97 Å². The summed E-state index contributed by atoms with van der Waals surface area (Å²) in [4.78, 5) is 13.4. The number of aliphatic carboxylic acids is 1. The maximum Gasteiger partial charge on any atom is 0.320 e. The highest BCUT2D eigenvalue weighted by atomic mass is 16.4. The largest absolute Gasteiger partial charge is 0.480 e. The number of rotatable bonds is 7. The minimum atomic E-state index is -0.751. The van der Waals surface area contributed by atoms with Crippen molar-refractivity contribution >= 4 is 11.7 Å². The summed E-state index contributed by atoms with van der Waals surface area (Å²) in [6.45, 7) is 6.67. The van der Waals surface area contributed by atoms with Crippen molar-refractivity contribution in [2.24, 2.45) is 0 Å².